The summed E-state index contributed by atoms with van der Waals surface area (Å²) in [4.78, 5) is 23.9. The molecule has 32 heavy (non-hydrogen) atoms. The molecule has 0 aliphatic carbocycles. The van der Waals surface area contributed by atoms with Crippen molar-refractivity contribution in [3.8, 4) is 0 Å². The molecule has 0 saturated carbocycles. The highest BCUT2D eigenvalue weighted by atomic mass is 16.2. The summed E-state index contributed by atoms with van der Waals surface area (Å²) in [6.45, 7) is 1.76. The number of carbonyl (C=O) groups excluding carboxylic acids is 1. The van der Waals surface area contributed by atoms with Crippen LogP contribution >= 0.6 is 0 Å². The highest BCUT2D eigenvalue weighted by molar-refractivity contribution is 6.16. The van der Waals surface area contributed by atoms with Crippen molar-refractivity contribution in [2.24, 2.45) is 4.99 Å². The van der Waals surface area contributed by atoms with E-state index < -0.39 is 5.92 Å². The van der Waals surface area contributed by atoms with Gasteiger partial charge in [0.2, 0.25) is 5.91 Å². The first-order valence-corrected chi connectivity index (χ1v) is 10.7. The number of aliphatic imine (C=N–C) groups is 1. The van der Waals surface area contributed by atoms with Crippen LogP contribution in [0.4, 0.5) is 11.4 Å². The fourth-order valence-electron chi connectivity index (χ4n) is 4.21. The Morgan fingerprint density at radius 2 is 1.69 bits per heavy atom. The number of rotatable bonds is 6. The minimum absolute atomic E-state index is 0.0562. The van der Waals surface area contributed by atoms with Gasteiger partial charge in [-0.15, -0.1) is 0 Å². The molecular formula is C27H24N4O. The average Bonchev–Trinajstić information content (AvgIpc) is 3.14. The number of benzene rings is 3. The van der Waals surface area contributed by atoms with Gasteiger partial charge in [-0.25, -0.2) is 0 Å². The van der Waals surface area contributed by atoms with E-state index in [0.717, 1.165) is 40.9 Å². The predicted octanol–water partition coefficient (Wildman–Crippen LogP) is 5.31. The lowest BCUT2D eigenvalue weighted by molar-refractivity contribution is -0.115. The molecule has 0 bridgehead atoms. The normalized spacial score (nSPS) is 15.4. The van der Waals surface area contributed by atoms with E-state index in [0.29, 0.717) is 0 Å². The monoisotopic (exact) mass is 420 g/mol. The van der Waals surface area contributed by atoms with E-state index in [9.17, 15) is 4.79 Å². The van der Waals surface area contributed by atoms with Crippen LogP contribution in [0.1, 0.15) is 22.6 Å². The van der Waals surface area contributed by atoms with Gasteiger partial charge in [0.15, 0.2) is 0 Å². The third-order valence-electron chi connectivity index (χ3n) is 5.73. The number of carbonyl (C=O) groups is 1. The van der Waals surface area contributed by atoms with E-state index in [2.05, 4.69) is 63.6 Å². The highest BCUT2D eigenvalue weighted by Gasteiger charge is 2.31. The van der Waals surface area contributed by atoms with Crippen molar-refractivity contribution >= 4 is 34.4 Å². The Balaban J connectivity index is 1.30. The van der Waals surface area contributed by atoms with Crippen molar-refractivity contribution in [3.63, 3.8) is 0 Å². The van der Waals surface area contributed by atoms with Gasteiger partial charge in [-0.2, -0.15) is 0 Å². The molecule has 3 aromatic carbocycles. The molecule has 158 valence electrons. The zero-order chi connectivity index (χ0) is 21.9. The van der Waals surface area contributed by atoms with Crippen molar-refractivity contribution in [1.82, 2.24) is 9.88 Å². The van der Waals surface area contributed by atoms with Crippen molar-refractivity contribution in [2.75, 3.05) is 12.4 Å². The van der Waals surface area contributed by atoms with Gasteiger partial charge in [0.1, 0.15) is 5.92 Å². The highest BCUT2D eigenvalue weighted by Crippen LogP contribution is 2.37. The molecule has 1 aliphatic heterocycles. The SMILES string of the molecule is CN(Cc1ccccc1)Cc1ccc(N=CC2C(=O)Nc3ccc4ncccc4c32)cc1. The predicted molar refractivity (Wildman–Crippen MR) is 129 cm³/mol. The minimum Gasteiger partial charge on any atom is -0.325 e. The number of aromatic nitrogens is 1. The van der Waals surface area contributed by atoms with E-state index in [-0.39, 0.29) is 5.91 Å². The smallest absolute Gasteiger partial charge is 0.237 e. The number of anilines is 1. The van der Waals surface area contributed by atoms with Gasteiger partial charge in [-0.1, -0.05) is 48.5 Å². The molecule has 0 radical (unpaired) electrons. The van der Waals surface area contributed by atoms with Gasteiger partial charge in [0.05, 0.1) is 11.2 Å². The van der Waals surface area contributed by atoms with Gasteiger partial charge in [0.25, 0.3) is 0 Å². The van der Waals surface area contributed by atoms with Crippen LogP contribution in [0.2, 0.25) is 0 Å². The lowest BCUT2D eigenvalue weighted by Crippen LogP contribution is -2.17. The van der Waals surface area contributed by atoms with Crippen LogP contribution in [0.15, 0.2) is 90.1 Å². The average molecular weight is 421 g/mol. The van der Waals surface area contributed by atoms with Crippen LogP contribution in [0, 0.1) is 0 Å². The Morgan fingerprint density at radius 3 is 2.47 bits per heavy atom. The van der Waals surface area contributed by atoms with Gasteiger partial charge in [-0.3, -0.25) is 19.7 Å². The van der Waals surface area contributed by atoms with E-state index >= 15 is 0 Å². The summed E-state index contributed by atoms with van der Waals surface area (Å²) in [5.74, 6) is -0.478. The van der Waals surface area contributed by atoms with Crippen LogP contribution in [0.5, 0.6) is 0 Å². The fourth-order valence-corrected chi connectivity index (χ4v) is 4.21. The van der Waals surface area contributed by atoms with Crippen LogP contribution in [0.3, 0.4) is 0 Å². The van der Waals surface area contributed by atoms with Crippen molar-refractivity contribution < 1.29 is 4.79 Å². The molecule has 5 rings (SSSR count). The first kappa shape index (κ1) is 20.1. The molecule has 0 saturated heterocycles. The van der Waals surface area contributed by atoms with Gasteiger partial charge < -0.3 is 5.32 Å². The zero-order valence-corrected chi connectivity index (χ0v) is 17.9. The summed E-state index contributed by atoms with van der Waals surface area (Å²) < 4.78 is 0. The molecule has 1 aliphatic rings. The quantitative estimate of drug-likeness (QED) is 0.430. The molecule has 2 heterocycles. The maximum Gasteiger partial charge on any atom is 0.237 e. The van der Waals surface area contributed by atoms with E-state index in [1.165, 1.54) is 11.1 Å². The molecule has 0 spiro atoms. The summed E-state index contributed by atoms with van der Waals surface area (Å²) in [6.07, 6.45) is 3.50. The topological polar surface area (TPSA) is 57.6 Å². The van der Waals surface area contributed by atoms with Crippen LogP contribution < -0.4 is 5.32 Å². The Labute approximate surface area is 187 Å². The number of nitrogens with one attached hydrogen (secondary N) is 1. The maximum atomic E-state index is 12.6. The number of amides is 1. The molecule has 1 unspecified atom stereocenters. The summed E-state index contributed by atoms with van der Waals surface area (Å²) >= 11 is 0. The third kappa shape index (κ3) is 4.15. The van der Waals surface area contributed by atoms with Gasteiger partial charge >= 0.3 is 0 Å². The van der Waals surface area contributed by atoms with Crippen molar-refractivity contribution in [1.29, 1.82) is 0 Å². The first-order valence-electron chi connectivity index (χ1n) is 10.7. The molecule has 5 nitrogen and oxygen atoms in total. The summed E-state index contributed by atoms with van der Waals surface area (Å²) in [5.41, 5.74) is 6.02. The number of hydrogen-bond donors (Lipinski definition) is 1. The number of hydrogen-bond acceptors (Lipinski definition) is 4. The Kier molecular flexibility index (Phi) is 5.48. The molecule has 5 heteroatoms. The molecule has 1 amide bonds. The minimum atomic E-state index is -0.422. The molecule has 4 aromatic rings. The molecule has 1 atom stereocenters. The summed E-state index contributed by atoms with van der Waals surface area (Å²) in [5, 5.41) is 3.95. The van der Waals surface area contributed by atoms with Crippen LogP contribution in [-0.2, 0) is 17.9 Å². The Bertz CT molecular complexity index is 1280. The Hall–Kier alpha value is -3.83. The third-order valence-corrected chi connectivity index (χ3v) is 5.73. The standard InChI is InChI=1S/C27H24N4O/c1-31(17-19-6-3-2-4-7-19)18-20-9-11-21(12-10-20)29-16-23-26-22-8-5-15-28-24(22)13-14-25(26)30-27(23)32/h2-16,23H,17-18H2,1H3,(H,30,32). The lowest BCUT2D eigenvalue weighted by Gasteiger charge is -2.16. The molecule has 1 aromatic heterocycles. The second-order valence-corrected chi connectivity index (χ2v) is 8.17. The van der Waals surface area contributed by atoms with Gasteiger partial charge in [0, 0.05) is 42.1 Å². The van der Waals surface area contributed by atoms with Gasteiger partial charge in [-0.05, 0) is 48.5 Å². The zero-order valence-electron chi connectivity index (χ0n) is 17.9. The number of nitrogens with zero attached hydrogens (tertiary/aromatic N) is 3. The van der Waals surface area contributed by atoms with E-state index in [4.69, 9.17) is 0 Å². The van der Waals surface area contributed by atoms with Crippen LogP contribution in [0.25, 0.3) is 10.9 Å². The first-order chi connectivity index (χ1) is 15.7. The number of fused-ring (bicyclic) bond motifs is 3. The lowest BCUT2D eigenvalue weighted by atomic mass is 9.97. The summed E-state index contributed by atoms with van der Waals surface area (Å²) in [7, 11) is 2.12. The second-order valence-electron chi connectivity index (χ2n) is 8.17. The largest absolute Gasteiger partial charge is 0.325 e. The molecule has 0 fully saturated rings. The second kappa shape index (κ2) is 8.73. The van der Waals surface area contributed by atoms with E-state index in [1.54, 1.807) is 12.4 Å². The Morgan fingerprint density at radius 1 is 0.938 bits per heavy atom. The molecule has 1 N–H and O–H groups in total. The fraction of sp³-hybridized carbons (Fsp3) is 0.148. The molecular weight excluding hydrogens is 396 g/mol. The van der Waals surface area contributed by atoms with E-state index in [1.807, 2.05) is 42.5 Å². The number of pyridine rings is 1. The van der Waals surface area contributed by atoms with Crippen LogP contribution in [-0.4, -0.2) is 29.1 Å². The van der Waals surface area contributed by atoms with Crippen molar-refractivity contribution in [3.05, 3.63) is 102 Å². The van der Waals surface area contributed by atoms with Crippen molar-refractivity contribution in [2.45, 2.75) is 19.0 Å². The maximum absolute atomic E-state index is 12.6. The summed E-state index contributed by atoms with van der Waals surface area (Å²) in [6, 6.07) is 26.4.